The van der Waals surface area contributed by atoms with E-state index in [1.807, 2.05) is 0 Å². The van der Waals surface area contributed by atoms with Gasteiger partial charge in [-0.1, -0.05) is 19.9 Å². The Hall–Kier alpha value is -2.65. The molecule has 1 spiro atoms. The Morgan fingerprint density at radius 1 is 0.603 bits per heavy atom. The number of esters is 2. The van der Waals surface area contributed by atoms with Crippen LogP contribution >= 0.6 is 0 Å². The predicted molar refractivity (Wildman–Crippen MR) is 235 cm³/mol. The highest BCUT2D eigenvalue weighted by molar-refractivity contribution is 5.90. The molecule has 0 aromatic heterocycles. The van der Waals surface area contributed by atoms with Gasteiger partial charge < -0.3 is 114 Å². The summed E-state index contributed by atoms with van der Waals surface area (Å²) in [5.41, 5.74) is -2.56. The Balaban J connectivity index is 0.992. The number of fused-ring (bicyclic) bond motifs is 3. The van der Waals surface area contributed by atoms with E-state index in [-0.39, 0.29) is 11.8 Å². The number of carboxylic acid groups (broad SMARTS) is 1. The third kappa shape index (κ3) is 10.1. The van der Waals surface area contributed by atoms with Gasteiger partial charge in [-0.25, -0.2) is 0 Å². The van der Waals surface area contributed by atoms with E-state index >= 15 is 0 Å². The van der Waals surface area contributed by atoms with Gasteiger partial charge in [0.25, 0.3) is 0 Å². The van der Waals surface area contributed by atoms with Crippen LogP contribution in [-0.4, -0.2) is 244 Å². The van der Waals surface area contributed by atoms with Crippen LogP contribution in [0.3, 0.4) is 0 Å². The zero-order valence-electron chi connectivity index (χ0n) is 40.5. The lowest BCUT2D eigenvalue weighted by Crippen LogP contribution is -2.66. The third-order valence-electron chi connectivity index (χ3n) is 17.6. The van der Waals surface area contributed by atoms with Crippen molar-refractivity contribution in [3.8, 4) is 0 Å². The van der Waals surface area contributed by atoms with Gasteiger partial charge in [-0.05, 0) is 86.5 Å². The van der Waals surface area contributed by atoms with Crippen LogP contribution in [0.5, 0.6) is 0 Å². The molecule has 73 heavy (non-hydrogen) atoms. The van der Waals surface area contributed by atoms with Gasteiger partial charge in [0.05, 0.1) is 30.8 Å². The molecule has 14 N–H and O–H groups in total. The summed E-state index contributed by atoms with van der Waals surface area (Å²) in [4.78, 5) is 37.7. The number of carbonyl (C=O) groups excluding carboxylic acids is 2. The van der Waals surface area contributed by atoms with E-state index in [2.05, 4.69) is 13.5 Å². The lowest BCUT2D eigenvalue weighted by Gasteiger charge is -2.64. The van der Waals surface area contributed by atoms with Crippen LogP contribution in [0.1, 0.15) is 78.1 Å². The van der Waals surface area contributed by atoms with Crippen molar-refractivity contribution in [2.75, 3.05) is 26.4 Å². The van der Waals surface area contributed by atoms with E-state index in [0.717, 1.165) is 6.42 Å². The fourth-order valence-corrected chi connectivity index (χ4v) is 13.8. The van der Waals surface area contributed by atoms with E-state index in [1.54, 1.807) is 6.92 Å². The maximum atomic E-state index is 14.8. The van der Waals surface area contributed by atoms with Crippen LogP contribution < -0.4 is 0 Å². The first-order valence-corrected chi connectivity index (χ1v) is 24.9. The van der Waals surface area contributed by atoms with Gasteiger partial charge >= 0.3 is 17.9 Å². The Kier molecular flexibility index (Phi) is 16.8. The molecule has 8 aliphatic rings. The summed E-state index contributed by atoms with van der Waals surface area (Å²) < 4.78 is 52.7. The number of aliphatic hydroxyl groups is 13. The largest absolute Gasteiger partial charge is 0.481 e. The molecule has 4 saturated carbocycles. The Morgan fingerprint density at radius 2 is 1.10 bits per heavy atom. The normalized spacial score (nSPS) is 50.9. The van der Waals surface area contributed by atoms with Crippen LogP contribution in [0.15, 0.2) is 12.2 Å². The molecule has 0 amide bonds. The minimum Gasteiger partial charge on any atom is -0.481 e. The second-order valence-electron chi connectivity index (χ2n) is 21.9. The highest BCUT2D eigenvalue weighted by Gasteiger charge is 2.70. The molecule has 4 aliphatic heterocycles. The first kappa shape index (κ1) is 56.6. The highest BCUT2D eigenvalue weighted by Crippen LogP contribution is 2.74. The van der Waals surface area contributed by atoms with Crippen LogP contribution in [0.2, 0.25) is 0 Å². The minimum atomic E-state index is -1.98. The second-order valence-corrected chi connectivity index (χ2v) is 21.9. The molecular weight excluding hydrogens is 980 g/mol. The first-order valence-electron chi connectivity index (χ1n) is 24.9. The molecule has 4 aliphatic carbocycles. The van der Waals surface area contributed by atoms with E-state index in [0.29, 0.717) is 56.9 Å². The van der Waals surface area contributed by atoms with E-state index < -0.39 is 195 Å². The lowest BCUT2D eigenvalue weighted by molar-refractivity contribution is -0.378. The van der Waals surface area contributed by atoms with Crippen LogP contribution in [0.4, 0.5) is 0 Å². The molecule has 4 heterocycles. The molecule has 0 radical (unpaired) electrons. The van der Waals surface area contributed by atoms with Gasteiger partial charge in [0.15, 0.2) is 25.0 Å². The van der Waals surface area contributed by atoms with Gasteiger partial charge in [-0.15, -0.1) is 0 Å². The van der Waals surface area contributed by atoms with Gasteiger partial charge in [-0.2, -0.15) is 0 Å². The van der Waals surface area contributed by atoms with Crippen LogP contribution in [0.25, 0.3) is 0 Å². The van der Waals surface area contributed by atoms with Gasteiger partial charge in [0.2, 0.25) is 6.29 Å². The summed E-state index contributed by atoms with van der Waals surface area (Å²) in [7, 11) is 0. The topological polar surface area (TPSA) is 418 Å². The summed E-state index contributed by atoms with van der Waals surface area (Å²) >= 11 is 0. The number of carboxylic acids is 1. The van der Waals surface area contributed by atoms with Gasteiger partial charge in [0.1, 0.15) is 105 Å². The fraction of sp³-hybridized carbons (Fsp3) is 0.894. The van der Waals surface area contributed by atoms with Crippen molar-refractivity contribution >= 4 is 17.9 Å². The SMILES string of the molecule is C=C1C[C@@]23CC[C@H]4[C@@](C)(CCC[C@@]4(C)C(=O)O[C@@H]4OC(CO)[C@@H](O)[C@H](O)[C@H]4O[C@@H]4O[C@H](CO)[C@@H](O)[C@H](O)[C@H]4O)[C@@H]2CC[C@]1(O[C@@H]1O[C@H](CO)[C@@H](O)[C@H](O)[C@H]1O[C@@H]1O[C@H](COC(=O)CC(=O)O)[C@@H](O)[C@H](O)[C@H]1O)C3. The molecule has 0 aromatic carbocycles. The van der Waals surface area contributed by atoms with Crippen molar-refractivity contribution in [2.24, 2.45) is 28.1 Å². The van der Waals surface area contributed by atoms with Crippen molar-refractivity contribution in [3.05, 3.63) is 12.2 Å². The summed E-state index contributed by atoms with van der Waals surface area (Å²) in [5, 5.41) is 147. The molecule has 0 aromatic rings. The van der Waals surface area contributed by atoms with Gasteiger partial charge in [0, 0.05) is 0 Å². The number of ether oxygens (including phenoxy) is 9. The molecule has 2 bridgehead atoms. The number of rotatable bonds is 15. The van der Waals surface area contributed by atoms with Gasteiger partial charge in [-0.3, -0.25) is 14.4 Å². The van der Waals surface area contributed by atoms with Crippen molar-refractivity contribution in [1.29, 1.82) is 0 Å². The zero-order chi connectivity index (χ0) is 53.3. The quantitative estimate of drug-likeness (QED) is 0.0316. The van der Waals surface area contributed by atoms with Crippen molar-refractivity contribution < 1.29 is 129 Å². The number of aliphatic hydroxyl groups excluding tert-OH is 13. The van der Waals surface area contributed by atoms with Crippen molar-refractivity contribution in [2.45, 2.75) is 206 Å². The number of hydrogen-bond acceptors (Lipinski definition) is 25. The Bertz CT molecular complexity index is 2000. The number of carbonyl (C=O) groups is 3. The minimum absolute atomic E-state index is 0.0248. The molecule has 26 nitrogen and oxygen atoms in total. The van der Waals surface area contributed by atoms with Crippen LogP contribution in [0, 0.1) is 28.1 Å². The summed E-state index contributed by atoms with van der Waals surface area (Å²) in [5.74, 6) is -3.71. The molecule has 1 unspecified atom stereocenters. The third-order valence-corrected chi connectivity index (χ3v) is 17.6. The molecule has 416 valence electrons. The molecule has 26 atom stereocenters. The molecule has 4 saturated heterocycles. The van der Waals surface area contributed by atoms with E-state index in [9.17, 15) is 80.8 Å². The zero-order valence-corrected chi connectivity index (χ0v) is 40.5. The highest BCUT2D eigenvalue weighted by atomic mass is 16.8. The average molecular weight is 1050 g/mol. The first-order chi connectivity index (χ1) is 34.4. The summed E-state index contributed by atoms with van der Waals surface area (Å²) in [6.45, 7) is 5.30. The lowest BCUT2D eigenvalue weighted by atomic mass is 9.41. The molecular formula is C47H72O26. The van der Waals surface area contributed by atoms with E-state index in [1.165, 1.54) is 0 Å². The molecule has 8 rings (SSSR count). The maximum Gasteiger partial charge on any atom is 0.317 e. The Labute approximate surface area is 418 Å². The van der Waals surface area contributed by atoms with Crippen LogP contribution in [-0.2, 0) is 57.0 Å². The average Bonchev–Trinajstić information content (AvgIpc) is 3.54. The maximum absolute atomic E-state index is 14.8. The fourth-order valence-electron chi connectivity index (χ4n) is 13.8. The van der Waals surface area contributed by atoms with Crippen molar-refractivity contribution in [1.82, 2.24) is 0 Å². The Morgan fingerprint density at radius 3 is 1.66 bits per heavy atom. The summed E-state index contributed by atoms with van der Waals surface area (Å²) in [6.07, 6.45) is -31.3. The second kappa shape index (κ2) is 21.6. The molecule has 8 fully saturated rings. The smallest absolute Gasteiger partial charge is 0.317 e. The number of hydrogen-bond donors (Lipinski definition) is 14. The monoisotopic (exact) mass is 1050 g/mol. The number of aliphatic carboxylic acids is 1. The summed E-state index contributed by atoms with van der Waals surface area (Å²) in [6, 6.07) is 0. The standard InChI is InChI=1S/C47H72O26/c1-18-12-46-9-5-23-44(2,7-4-8-45(23,3)43(64)72-41-37(33(60)28(55)20(14-49)67-41)70-39-35(62)31(58)27(54)19(13-48)66-39)24(46)6-10-47(18,17-46)73-42-38(34(61)29(56)21(15-50)68-42)71-40-36(63)32(59)30(57)22(69-40)16-65-26(53)11-25(51)52/h19-24,27-42,48-50,54-63H,1,4-17H2,2-3H3,(H,51,52)/t19-,20?,21-,22-,23+,24+,27-,28-,29-,30-,31+,32+,33+,34+,35-,36-,37-,38-,39+,40+,41+,42+,44-,45-,46-,47+/m1/s1. The molecule has 26 heteroatoms. The predicted octanol–water partition coefficient (Wildman–Crippen LogP) is -5.09. The van der Waals surface area contributed by atoms with E-state index in [4.69, 9.17) is 47.7 Å². The van der Waals surface area contributed by atoms with Crippen molar-refractivity contribution in [3.63, 3.8) is 0 Å².